The van der Waals surface area contributed by atoms with Crippen LogP contribution in [0.1, 0.15) is 33.7 Å². The zero-order chi connectivity index (χ0) is 17.4. The van der Waals surface area contributed by atoms with Crippen molar-refractivity contribution in [3.8, 4) is 0 Å². The van der Waals surface area contributed by atoms with Crippen LogP contribution in [0, 0.1) is 13.8 Å². The molecule has 0 atom stereocenters. The standard InChI is InChI=1S/C18H24N4O2/c1-13-7-4-5-8-15(13)12-20-18-21-14(2)11-16(22-18)17(23)19-9-6-10-24-3/h4-5,7-8,11H,6,9-10,12H2,1-3H3,(H,19,23)(H,20,21,22). The van der Waals surface area contributed by atoms with E-state index in [9.17, 15) is 4.79 Å². The van der Waals surface area contributed by atoms with Crippen LogP contribution in [0.15, 0.2) is 30.3 Å². The maximum atomic E-state index is 12.2. The van der Waals surface area contributed by atoms with Gasteiger partial charge in [0.1, 0.15) is 5.69 Å². The summed E-state index contributed by atoms with van der Waals surface area (Å²) in [7, 11) is 1.64. The van der Waals surface area contributed by atoms with Crippen molar-refractivity contribution in [2.45, 2.75) is 26.8 Å². The third-order valence-corrected chi connectivity index (χ3v) is 3.60. The quantitative estimate of drug-likeness (QED) is 0.728. The molecule has 0 aliphatic carbocycles. The normalized spacial score (nSPS) is 10.5. The van der Waals surface area contributed by atoms with E-state index >= 15 is 0 Å². The first-order valence-electron chi connectivity index (χ1n) is 8.01. The van der Waals surface area contributed by atoms with Crippen LogP contribution in [0.2, 0.25) is 0 Å². The van der Waals surface area contributed by atoms with Gasteiger partial charge in [0, 0.05) is 32.5 Å². The van der Waals surface area contributed by atoms with Gasteiger partial charge in [0.05, 0.1) is 0 Å². The Kier molecular flexibility index (Phi) is 6.69. The molecule has 1 aromatic carbocycles. The Balaban J connectivity index is 2.00. The summed E-state index contributed by atoms with van der Waals surface area (Å²) in [6.07, 6.45) is 0.769. The molecule has 0 radical (unpaired) electrons. The summed E-state index contributed by atoms with van der Waals surface area (Å²) >= 11 is 0. The Labute approximate surface area is 142 Å². The van der Waals surface area contributed by atoms with Crippen molar-refractivity contribution in [3.63, 3.8) is 0 Å². The lowest BCUT2D eigenvalue weighted by atomic mass is 10.1. The molecule has 24 heavy (non-hydrogen) atoms. The van der Waals surface area contributed by atoms with Gasteiger partial charge in [0.2, 0.25) is 5.95 Å². The third-order valence-electron chi connectivity index (χ3n) is 3.60. The molecule has 0 aliphatic rings. The SMILES string of the molecule is COCCCNC(=O)c1cc(C)nc(NCc2ccccc2C)n1. The minimum atomic E-state index is -0.199. The lowest BCUT2D eigenvalue weighted by Gasteiger charge is -2.10. The first-order valence-corrected chi connectivity index (χ1v) is 8.01. The van der Waals surface area contributed by atoms with Crippen LogP contribution in [0.25, 0.3) is 0 Å². The van der Waals surface area contributed by atoms with E-state index in [0.29, 0.717) is 31.3 Å². The molecule has 0 spiro atoms. The Hall–Kier alpha value is -2.47. The van der Waals surface area contributed by atoms with Crippen molar-refractivity contribution in [2.75, 3.05) is 25.6 Å². The van der Waals surface area contributed by atoms with Crippen LogP contribution in [0.4, 0.5) is 5.95 Å². The highest BCUT2D eigenvalue weighted by Gasteiger charge is 2.10. The summed E-state index contributed by atoms with van der Waals surface area (Å²) in [5.74, 6) is 0.260. The molecular formula is C18H24N4O2. The molecule has 6 nitrogen and oxygen atoms in total. The van der Waals surface area contributed by atoms with Gasteiger partial charge in [-0.25, -0.2) is 9.97 Å². The molecule has 6 heteroatoms. The average molecular weight is 328 g/mol. The topological polar surface area (TPSA) is 76.1 Å². The maximum absolute atomic E-state index is 12.2. The highest BCUT2D eigenvalue weighted by molar-refractivity contribution is 5.92. The van der Waals surface area contributed by atoms with Crippen molar-refractivity contribution < 1.29 is 9.53 Å². The first kappa shape index (κ1) is 17.9. The molecule has 2 N–H and O–H groups in total. The van der Waals surface area contributed by atoms with E-state index in [-0.39, 0.29) is 5.91 Å². The molecule has 0 aliphatic heterocycles. The average Bonchev–Trinajstić information content (AvgIpc) is 2.57. The van der Waals surface area contributed by atoms with E-state index in [1.54, 1.807) is 13.2 Å². The Morgan fingerprint density at radius 2 is 2.00 bits per heavy atom. The number of methoxy groups -OCH3 is 1. The van der Waals surface area contributed by atoms with Gasteiger partial charge in [-0.1, -0.05) is 24.3 Å². The number of amides is 1. The van der Waals surface area contributed by atoms with Gasteiger partial charge >= 0.3 is 0 Å². The number of ether oxygens (including phenoxy) is 1. The van der Waals surface area contributed by atoms with Crippen LogP contribution in [-0.4, -0.2) is 36.1 Å². The predicted molar refractivity (Wildman–Crippen MR) is 94.1 cm³/mol. The van der Waals surface area contributed by atoms with Crippen molar-refractivity contribution in [1.82, 2.24) is 15.3 Å². The predicted octanol–water partition coefficient (Wildman–Crippen LogP) is 2.47. The molecule has 128 valence electrons. The summed E-state index contributed by atoms with van der Waals surface area (Å²) < 4.78 is 4.96. The second kappa shape index (κ2) is 8.98. The number of aryl methyl sites for hydroxylation is 2. The largest absolute Gasteiger partial charge is 0.385 e. The van der Waals surface area contributed by atoms with E-state index < -0.39 is 0 Å². The molecule has 0 saturated heterocycles. The second-order valence-electron chi connectivity index (χ2n) is 5.60. The highest BCUT2D eigenvalue weighted by atomic mass is 16.5. The van der Waals surface area contributed by atoms with Crippen LogP contribution >= 0.6 is 0 Å². The number of rotatable bonds is 8. The summed E-state index contributed by atoms with van der Waals surface area (Å²) in [4.78, 5) is 20.8. The van der Waals surface area contributed by atoms with E-state index in [1.807, 2.05) is 19.1 Å². The van der Waals surface area contributed by atoms with Crippen molar-refractivity contribution >= 4 is 11.9 Å². The lowest BCUT2D eigenvalue weighted by Crippen LogP contribution is -2.26. The highest BCUT2D eigenvalue weighted by Crippen LogP contribution is 2.10. The fourth-order valence-electron chi connectivity index (χ4n) is 2.26. The van der Waals surface area contributed by atoms with E-state index in [2.05, 4.69) is 39.7 Å². The van der Waals surface area contributed by atoms with E-state index in [0.717, 1.165) is 12.1 Å². The Bertz CT molecular complexity index is 688. The van der Waals surface area contributed by atoms with Crippen molar-refractivity contribution in [1.29, 1.82) is 0 Å². The van der Waals surface area contributed by atoms with Crippen molar-refractivity contribution in [3.05, 3.63) is 52.8 Å². The molecule has 0 saturated carbocycles. The molecule has 0 fully saturated rings. The maximum Gasteiger partial charge on any atom is 0.270 e. The zero-order valence-corrected chi connectivity index (χ0v) is 14.4. The van der Waals surface area contributed by atoms with Gasteiger partial charge in [-0.3, -0.25) is 4.79 Å². The van der Waals surface area contributed by atoms with E-state index in [4.69, 9.17) is 4.74 Å². The van der Waals surface area contributed by atoms with Gasteiger partial charge in [0.25, 0.3) is 5.91 Å². The molecule has 0 unspecified atom stereocenters. The number of aromatic nitrogens is 2. The zero-order valence-electron chi connectivity index (χ0n) is 14.4. The fourth-order valence-corrected chi connectivity index (χ4v) is 2.26. The molecule has 2 rings (SSSR count). The van der Waals surface area contributed by atoms with Crippen molar-refractivity contribution in [2.24, 2.45) is 0 Å². The van der Waals surface area contributed by atoms with Crippen LogP contribution < -0.4 is 10.6 Å². The summed E-state index contributed by atoms with van der Waals surface area (Å²) in [6.45, 7) is 5.70. The number of benzene rings is 1. The van der Waals surface area contributed by atoms with Crippen LogP contribution in [0.3, 0.4) is 0 Å². The Morgan fingerprint density at radius 3 is 2.75 bits per heavy atom. The number of carbonyl (C=O) groups excluding carboxylic acids is 1. The number of nitrogens with one attached hydrogen (secondary N) is 2. The van der Waals surface area contributed by atoms with Gasteiger partial charge in [0.15, 0.2) is 0 Å². The summed E-state index contributed by atoms with van der Waals surface area (Å²) in [5.41, 5.74) is 3.49. The Morgan fingerprint density at radius 1 is 1.21 bits per heavy atom. The molecular weight excluding hydrogens is 304 g/mol. The third kappa shape index (κ3) is 5.31. The molecule has 2 aromatic rings. The first-order chi connectivity index (χ1) is 11.6. The number of anilines is 1. The van der Waals surface area contributed by atoms with Crippen LogP contribution in [-0.2, 0) is 11.3 Å². The molecule has 1 amide bonds. The monoisotopic (exact) mass is 328 g/mol. The van der Waals surface area contributed by atoms with Gasteiger partial charge < -0.3 is 15.4 Å². The summed E-state index contributed by atoms with van der Waals surface area (Å²) in [5, 5.41) is 6.03. The fraction of sp³-hybridized carbons (Fsp3) is 0.389. The molecule has 1 aromatic heterocycles. The number of hydrogen-bond acceptors (Lipinski definition) is 5. The molecule has 1 heterocycles. The second-order valence-corrected chi connectivity index (χ2v) is 5.60. The minimum Gasteiger partial charge on any atom is -0.385 e. The number of nitrogens with zero attached hydrogens (tertiary/aromatic N) is 2. The summed E-state index contributed by atoms with van der Waals surface area (Å²) in [6, 6.07) is 9.81. The van der Waals surface area contributed by atoms with Gasteiger partial charge in [-0.2, -0.15) is 0 Å². The smallest absolute Gasteiger partial charge is 0.270 e. The number of hydrogen-bond donors (Lipinski definition) is 2. The van der Waals surface area contributed by atoms with Gasteiger partial charge in [-0.15, -0.1) is 0 Å². The lowest BCUT2D eigenvalue weighted by molar-refractivity contribution is 0.0943. The molecule has 0 bridgehead atoms. The number of carbonyl (C=O) groups is 1. The minimum absolute atomic E-state index is 0.199. The van der Waals surface area contributed by atoms with Gasteiger partial charge in [-0.05, 0) is 37.5 Å². The van der Waals surface area contributed by atoms with Crippen LogP contribution in [0.5, 0.6) is 0 Å². The van der Waals surface area contributed by atoms with E-state index in [1.165, 1.54) is 11.1 Å².